The third-order valence-corrected chi connectivity index (χ3v) is 5.24. The van der Waals surface area contributed by atoms with Crippen LogP contribution in [-0.4, -0.2) is 14.2 Å². The number of methoxy groups -OCH3 is 2. The fraction of sp³-hybridized carbons (Fsp3) is 0.217. The molecule has 29 heavy (non-hydrogen) atoms. The summed E-state index contributed by atoms with van der Waals surface area (Å²) in [7, 11) is 3.26. The maximum Gasteiger partial charge on any atom is 0.162 e. The van der Waals surface area contributed by atoms with Crippen LogP contribution in [0.3, 0.4) is 0 Å². The van der Waals surface area contributed by atoms with Gasteiger partial charge in [0.15, 0.2) is 11.5 Å². The smallest absolute Gasteiger partial charge is 0.162 e. The molecule has 1 N–H and O–H groups in total. The van der Waals surface area contributed by atoms with E-state index in [9.17, 15) is 4.39 Å². The van der Waals surface area contributed by atoms with E-state index in [1.165, 1.54) is 6.07 Å². The number of rotatable bonds is 9. The van der Waals surface area contributed by atoms with Gasteiger partial charge in [0, 0.05) is 28.7 Å². The van der Waals surface area contributed by atoms with Crippen molar-refractivity contribution in [1.29, 1.82) is 0 Å². The fourth-order valence-corrected chi connectivity index (χ4v) is 3.40. The minimum Gasteiger partial charge on any atom is -0.496 e. The first kappa shape index (κ1) is 21.1. The normalized spacial score (nSPS) is 10.6. The number of para-hydroxylation sites is 1. The number of benzene rings is 3. The van der Waals surface area contributed by atoms with E-state index >= 15 is 0 Å². The van der Waals surface area contributed by atoms with E-state index in [0.29, 0.717) is 30.2 Å². The van der Waals surface area contributed by atoms with Crippen molar-refractivity contribution in [2.45, 2.75) is 19.7 Å². The number of hydrogen-bond acceptors (Lipinski definition) is 4. The van der Waals surface area contributed by atoms with Crippen molar-refractivity contribution in [3.8, 4) is 17.2 Å². The van der Waals surface area contributed by atoms with Gasteiger partial charge in [-0.1, -0.05) is 52.3 Å². The van der Waals surface area contributed by atoms with Gasteiger partial charge in [-0.3, -0.25) is 0 Å². The minimum atomic E-state index is -0.289. The first-order valence-electron chi connectivity index (χ1n) is 9.17. The summed E-state index contributed by atoms with van der Waals surface area (Å²) in [5.74, 6) is 1.71. The molecule has 0 radical (unpaired) electrons. The van der Waals surface area contributed by atoms with E-state index in [1.54, 1.807) is 32.4 Å². The van der Waals surface area contributed by atoms with Crippen LogP contribution in [0.25, 0.3) is 0 Å². The molecule has 152 valence electrons. The average molecular weight is 460 g/mol. The van der Waals surface area contributed by atoms with Crippen molar-refractivity contribution in [1.82, 2.24) is 5.32 Å². The van der Waals surface area contributed by atoms with Gasteiger partial charge in [-0.25, -0.2) is 4.39 Å². The molecule has 6 heteroatoms. The van der Waals surface area contributed by atoms with Crippen LogP contribution in [0.1, 0.15) is 16.7 Å². The van der Waals surface area contributed by atoms with Crippen LogP contribution < -0.4 is 19.5 Å². The third-order valence-electron chi connectivity index (χ3n) is 4.50. The van der Waals surface area contributed by atoms with Crippen LogP contribution in [0.15, 0.2) is 65.1 Å². The monoisotopic (exact) mass is 459 g/mol. The summed E-state index contributed by atoms with van der Waals surface area (Å²) in [6, 6.07) is 18.2. The Morgan fingerprint density at radius 1 is 0.793 bits per heavy atom. The third kappa shape index (κ3) is 5.49. The molecule has 0 aromatic heterocycles. The van der Waals surface area contributed by atoms with E-state index in [-0.39, 0.29) is 12.4 Å². The van der Waals surface area contributed by atoms with Gasteiger partial charge >= 0.3 is 0 Å². The lowest BCUT2D eigenvalue weighted by Gasteiger charge is -2.15. The molecular weight excluding hydrogens is 437 g/mol. The Balaban J connectivity index is 1.67. The summed E-state index contributed by atoms with van der Waals surface area (Å²) in [5.41, 5.74) is 2.60. The number of hydrogen-bond donors (Lipinski definition) is 1. The maximum absolute atomic E-state index is 13.8. The molecule has 0 aliphatic rings. The fourth-order valence-electron chi connectivity index (χ4n) is 2.94. The van der Waals surface area contributed by atoms with Crippen LogP contribution in [0.5, 0.6) is 17.2 Å². The summed E-state index contributed by atoms with van der Waals surface area (Å²) in [6.07, 6.45) is 0. The quantitative estimate of drug-likeness (QED) is 0.460. The molecular formula is C23H23BrFNO3. The summed E-state index contributed by atoms with van der Waals surface area (Å²) >= 11 is 3.59. The van der Waals surface area contributed by atoms with Crippen LogP contribution in [0.4, 0.5) is 4.39 Å². The molecule has 0 fully saturated rings. The maximum atomic E-state index is 13.8. The summed E-state index contributed by atoms with van der Waals surface area (Å²) in [5, 5.41) is 3.41. The Kier molecular flexibility index (Phi) is 7.49. The lowest BCUT2D eigenvalue weighted by molar-refractivity contribution is 0.279. The predicted octanol–water partition coefficient (Wildman–Crippen LogP) is 5.47. The molecule has 0 bridgehead atoms. The van der Waals surface area contributed by atoms with Crippen molar-refractivity contribution in [2.75, 3.05) is 14.2 Å². The predicted molar refractivity (Wildman–Crippen MR) is 115 cm³/mol. The summed E-state index contributed by atoms with van der Waals surface area (Å²) in [4.78, 5) is 0. The van der Waals surface area contributed by atoms with Gasteiger partial charge in [0.25, 0.3) is 0 Å². The van der Waals surface area contributed by atoms with Crippen LogP contribution >= 0.6 is 15.9 Å². The molecule has 0 atom stereocenters. The molecule has 0 spiro atoms. The van der Waals surface area contributed by atoms with Crippen molar-refractivity contribution >= 4 is 15.9 Å². The van der Waals surface area contributed by atoms with Gasteiger partial charge in [0.2, 0.25) is 0 Å². The molecule has 0 saturated carbocycles. The molecule has 0 unspecified atom stereocenters. The Morgan fingerprint density at radius 3 is 2.17 bits per heavy atom. The van der Waals surface area contributed by atoms with Crippen molar-refractivity contribution in [3.05, 3.63) is 87.6 Å². The van der Waals surface area contributed by atoms with E-state index in [2.05, 4.69) is 21.2 Å². The topological polar surface area (TPSA) is 39.7 Å². The highest BCUT2D eigenvalue weighted by molar-refractivity contribution is 9.10. The lowest BCUT2D eigenvalue weighted by Crippen LogP contribution is -2.14. The van der Waals surface area contributed by atoms with Crippen LogP contribution in [0.2, 0.25) is 0 Å². The highest BCUT2D eigenvalue weighted by Gasteiger charge is 2.12. The zero-order valence-electron chi connectivity index (χ0n) is 16.4. The van der Waals surface area contributed by atoms with Crippen molar-refractivity contribution in [3.63, 3.8) is 0 Å². The molecule has 0 saturated heterocycles. The zero-order chi connectivity index (χ0) is 20.6. The van der Waals surface area contributed by atoms with Gasteiger partial charge in [0.05, 0.1) is 14.2 Å². The molecule has 0 aliphatic heterocycles. The molecule has 0 amide bonds. The number of halogens is 2. The van der Waals surface area contributed by atoms with Gasteiger partial charge in [-0.05, 0) is 29.8 Å². The van der Waals surface area contributed by atoms with Gasteiger partial charge in [0.1, 0.15) is 18.2 Å². The van der Waals surface area contributed by atoms with Gasteiger partial charge < -0.3 is 19.5 Å². The Morgan fingerprint density at radius 2 is 1.45 bits per heavy atom. The summed E-state index contributed by atoms with van der Waals surface area (Å²) < 4.78 is 31.4. The SMILES string of the molecule is COc1ccccc1CNCc1cc(OC)c(OCc2ccccc2F)cc1Br. The first-order valence-corrected chi connectivity index (χ1v) is 9.97. The highest BCUT2D eigenvalue weighted by Crippen LogP contribution is 2.34. The van der Waals surface area contributed by atoms with E-state index in [1.807, 2.05) is 36.4 Å². The number of ether oxygens (including phenoxy) is 3. The molecule has 3 rings (SSSR count). The van der Waals surface area contributed by atoms with Crippen molar-refractivity contribution in [2.24, 2.45) is 0 Å². The Hall–Kier alpha value is -2.57. The molecule has 4 nitrogen and oxygen atoms in total. The lowest BCUT2D eigenvalue weighted by atomic mass is 10.1. The molecule has 3 aromatic rings. The van der Waals surface area contributed by atoms with Crippen LogP contribution in [0, 0.1) is 5.82 Å². The standard InChI is InChI=1S/C23H23BrFNO3/c1-27-21-10-6-4-7-16(21)13-26-14-18-11-22(28-2)23(12-19(18)24)29-15-17-8-3-5-9-20(17)25/h3-12,26H,13-15H2,1-2H3. The molecule has 3 aromatic carbocycles. The van der Waals surface area contributed by atoms with Crippen LogP contribution in [-0.2, 0) is 19.7 Å². The first-order chi connectivity index (χ1) is 14.1. The minimum absolute atomic E-state index is 0.126. The van der Waals surface area contributed by atoms with E-state index < -0.39 is 0 Å². The second kappa shape index (κ2) is 10.3. The van der Waals surface area contributed by atoms with Gasteiger partial charge in [-0.2, -0.15) is 0 Å². The Bertz CT molecular complexity index is 965. The Labute approximate surface area is 178 Å². The van der Waals surface area contributed by atoms with E-state index in [4.69, 9.17) is 14.2 Å². The second-order valence-corrected chi connectivity index (χ2v) is 7.24. The average Bonchev–Trinajstić information content (AvgIpc) is 2.74. The summed E-state index contributed by atoms with van der Waals surface area (Å²) in [6.45, 7) is 1.42. The highest BCUT2D eigenvalue weighted by atomic mass is 79.9. The molecule has 0 aliphatic carbocycles. The van der Waals surface area contributed by atoms with E-state index in [0.717, 1.165) is 21.3 Å². The zero-order valence-corrected chi connectivity index (χ0v) is 18.0. The second-order valence-electron chi connectivity index (χ2n) is 6.39. The number of nitrogens with one attached hydrogen (secondary N) is 1. The largest absolute Gasteiger partial charge is 0.496 e. The van der Waals surface area contributed by atoms with Gasteiger partial charge in [-0.15, -0.1) is 0 Å². The van der Waals surface area contributed by atoms with Crippen molar-refractivity contribution < 1.29 is 18.6 Å². The molecule has 0 heterocycles.